The van der Waals surface area contributed by atoms with Gasteiger partial charge in [0.2, 0.25) is 11.8 Å². The van der Waals surface area contributed by atoms with E-state index < -0.39 is 5.92 Å². The molecular weight excluding hydrogens is 460 g/mol. The highest BCUT2D eigenvalue weighted by molar-refractivity contribution is 6.06. The summed E-state index contributed by atoms with van der Waals surface area (Å²) >= 11 is 0. The molecule has 0 fully saturated rings. The van der Waals surface area contributed by atoms with E-state index in [1.165, 1.54) is 0 Å². The van der Waals surface area contributed by atoms with Crippen LogP contribution in [0.2, 0.25) is 0 Å². The Balaban J connectivity index is 0.00000380. The number of benzene rings is 4. The molecule has 0 radical (unpaired) electrons. The topological polar surface area (TPSA) is 108 Å². The van der Waals surface area contributed by atoms with Gasteiger partial charge >= 0.3 is 0 Å². The van der Waals surface area contributed by atoms with Gasteiger partial charge in [-0.2, -0.15) is 0 Å². The molecule has 4 aromatic rings. The normalized spacial score (nSPS) is 12.1. The van der Waals surface area contributed by atoms with Gasteiger partial charge < -0.3 is 16.4 Å². The van der Waals surface area contributed by atoms with Crippen molar-refractivity contribution in [3.63, 3.8) is 0 Å². The molecule has 0 bridgehead atoms. The van der Waals surface area contributed by atoms with E-state index in [0.717, 1.165) is 21.9 Å². The molecule has 5 N–H and O–H groups in total. The van der Waals surface area contributed by atoms with Crippen molar-refractivity contribution in [1.29, 1.82) is 5.41 Å². The van der Waals surface area contributed by atoms with Crippen molar-refractivity contribution in [2.75, 3.05) is 5.32 Å². The predicted octanol–water partition coefficient (Wildman–Crippen LogP) is 5.82. The number of amidine groups is 1. The third-order valence-corrected chi connectivity index (χ3v) is 6.29. The first-order valence-corrected chi connectivity index (χ1v) is 12.0. The van der Waals surface area contributed by atoms with Crippen molar-refractivity contribution in [3.8, 4) is 0 Å². The molecule has 6 nitrogen and oxygen atoms in total. The van der Waals surface area contributed by atoms with Gasteiger partial charge in [-0.15, -0.1) is 0 Å². The molecule has 2 amide bonds. The predicted molar refractivity (Wildman–Crippen MR) is 152 cm³/mol. The molecule has 0 heterocycles. The van der Waals surface area contributed by atoms with Crippen LogP contribution in [0.5, 0.6) is 0 Å². The van der Waals surface area contributed by atoms with Crippen LogP contribution in [-0.2, 0) is 16.0 Å². The number of nitrogen functional groups attached to an aromatic ring is 1. The lowest BCUT2D eigenvalue weighted by atomic mass is 9.96. The number of carbonyl (C=O) groups excluding carboxylic acids is 2. The maximum absolute atomic E-state index is 13.4. The molecule has 0 aliphatic heterocycles. The average molecular weight is 495 g/mol. The third-order valence-electron chi connectivity index (χ3n) is 6.29. The Labute approximate surface area is 218 Å². The van der Waals surface area contributed by atoms with Gasteiger partial charge in [-0.25, -0.2) is 0 Å². The molecule has 4 aromatic carbocycles. The Morgan fingerprint density at radius 3 is 2.16 bits per heavy atom. The first-order valence-electron chi connectivity index (χ1n) is 12.0. The van der Waals surface area contributed by atoms with Crippen molar-refractivity contribution in [2.24, 2.45) is 11.7 Å². The second-order valence-corrected chi connectivity index (χ2v) is 8.89. The number of nitrogens with two attached hydrogens (primary N) is 1. The van der Waals surface area contributed by atoms with Gasteiger partial charge in [-0.1, -0.05) is 74.2 Å². The SMILES string of the molecule is C.C[C@H](NC(=O)C(CCc1ccccc1)C(=O)Nc1ccc(C(=N)N)cc1)c1ccc2ccccc2c1. The summed E-state index contributed by atoms with van der Waals surface area (Å²) in [5.41, 5.74) is 8.67. The minimum Gasteiger partial charge on any atom is -0.384 e. The van der Waals surface area contributed by atoms with Crippen molar-refractivity contribution in [1.82, 2.24) is 5.32 Å². The molecule has 0 aliphatic carbocycles. The molecule has 6 heteroatoms. The van der Waals surface area contributed by atoms with Gasteiger partial charge in [-0.3, -0.25) is 15.0 Å². The van der Waals surface area contributed by atoms with E-state index in [0.29, 0.717) is 24.1 Å². The highest BCUT2D eigenvalue weighted by Gasteiger charge is 2.28. The summed E-state index contributed by atoms with van der Waals surface area (Å²) in [5.74, 6) is -1.61. The first-order chi connectivity index (χ1) is 17.4. The lowest BCUT2D eigenvalue weighted by Crippen LogP contribution is -2.39. The van der Waals surface area contributed by atoms with Crippen molar-refractivity contribution >= 4 is 34.1 Å². The minimum absolute atomic E-state index is 0. The fourth-order valence-corrected chi connectivity index (χ4v) is 4.17. The summed E-state index contributed by atoms with van der Waals surface area (Å²) < 4.78 is 0. The highest BCUT2D eigenvalue weighted by Crippen LogP contribution is 2.22. The zero-order valence-electron chi connectivity index (χ0n) is 20.2. The van der Waals surface area contributed by atoms with Crippen molar-refractivity contribution in [2.45, 2.75) is 33.2 Å². The number of aryl methyl sites for hydroxylation is 1. The van der Waals surface area contributed by atoms with Gasteiger partial charge in [-0.05, 0) is 72.0 Å². The summed E-state index contributed by atoms with van der Waals surface area (Å²) in [5, 5.41) is 15.7. The van der Waals surface area contributed by atoms with Gasteiger partial charge in [0.15, 0.2) is 0 Å². The van der Waals surface area contributed by atoms with Crippen LogP contribution < -0.4 is 16.4 Å². The number of nitrogens with one attached hydrogen (secondary N) is 3. The highest BCUT2D eigenvalue weighted by atomic mass is 16.2. The van der Waals surface area contributed by atoms with Crippen LogP contribution in [0.1, 0.15) is 43.5 Å². The van der Waals surface area contributed by atoms with Gasteiger partial charge in [0.25, 0.3) is 0 Å². The number of hydrogen-bond acceptors (Lipinski definition) is 3. The number of carbonyl (C=O) groups is 2. The van der Waals surface area contributed by atoms with Crippen LogP contribution >= 0.6 is 0 Å². The maximum Gasteiger partial charge on any atom is 0.236 e. The van der Waals surface area contributed by atoms with Crippen LogP contribution in [0.15, 0.2) is 97.1 Å². The van der Waals surface area contributed by atoms with Gasteiger partial charge in [0.1, 0.15) is 11.8 Å². The second-order valence-electron chi connectivity index (χ2n) is 8.89. The monoisotopic (exact) mass is 494 g/mol. The molecule has 2 atom stereocenters. The lowest BCUT2D eigenvalue weighted by Gasteiger charge is -2.21. The van der Waals surface area contributed by atoms with E-state index in [1.807, 2.05) is 67.6 Å². The summed E-state index contributed by atoms with van der Waals surface area (Å²) in [4.78, 5) is 26.6. The van der Waals surface area contributed by atoms with Crippen molar-refractivity contribution in [3.05, 3.63) is 114 Å². The first kappa shape index (κ1) is 27.1. The summed E-state index contributed by atoms with van der Waals surface area (Å²) in [6, 6.07) is 30.4. The molecule has 37 heavy (non-hydrogen) atoms. The minimum atomic E-state index is -0.874. The lowest BCUT2D eigenvalue weighted by molar-refractivity contribution is -0.133. The molecule has 4 rings (SSSR count). The Bertz CT molecular complexity index is 1370. The van der Waals surface area contributed by atoms with Crippen LogP contribution in [-0.4, -0.2) is 17.6 Å². The van der Waals surface area contributed by atoms with E-state index in [1.54, 1.807) is 24.3 Å². The quantitative estimate of drug-likeness (QED) is 0.134. The Kier molecular flexibility index (Phi) is 9.16. The van der Waals surface area contributed by atoms with Gasteiger partial charge in [0, 0.05) is 11.3 Å². The standard InChI is InChI=1S/C30H30N4O2.CH4/c1-20(24-13-12-22-9-5-6-10-25(22)19-24)33-29(35)27(18-11-21-7-3-2-4-8-21)30(36)34-26-16-14-23(15-17-26)28(31)32;/h2-10,12-17,19-20,27H,11,18H2,1H3,(H3,31,32)(H,33,35)(H,34,36);1H4/t20-,27?;/m0./s1. The fourth-order valence-electron chi connectivity index (χ4n) is 4.17. The van der Waals surface area contributed by atoms with E-state index in [9.17, 15) is 9.59 Å². The number of rotatable bonds is 9. The number of anilines is 1. The zero-order chi connectivity index (χ0) is 25.5. The molecule has 0 spiro atoms. The Hall–Kier alpha value is -4.45. The molecule has 0 saturated carbocycles. The summed E-state index contributed by atoms with van der Waals surface area (Å²) in [7, 11) is 0. The maximum atomic E-state index is 13.4. The molecule has 0 saturated heterocycles. The van der Waals surface area contributed by atoms with Crippen molar-refractivity contribution < 1.29 is 9.59 Å². The Morgan fingerprint density at radius 2 is 1.49 bits per heavy atom. The largest absolute Gasteiger partial charge is 0.384 e. The van der Waals surface area contributed by atoms with Crippen LogP contribution in [0.25, 0.3) is 10.8 Å². The smallest absolute Gasteiger partial charge is 0.236 e. The van der Waals surface area contributed by atoms with E-state index in [4.69, 9.17) is 11.1 Å². The molecule has 190 valence electrons. The average Bonchev–Trinajstić information content (AvgIpc) is 2.89. The summed E-state index contributed by atoms with van der Waals surface area (Å²) in [6.45, 7) is 1.93. The zero-order valence-corrected chi connectivity index (χ0v) is 20.2. The van der Waals surface area contributed by atoms with Gasteiger partial charge in [0.05, 0.1) is 6.04 Å². The van der Waals surface area contributed by atoms with E-state index >= 15 is 0 Å². The number of fused-ring (bicyclic) bond motifs is 1. The third kappa shape index (κ3) is 7.04. The molecule has 0 aromatic heterocycles. The van der Waals surface area contributed by atoms with E-state index in [-0.39, 0.29) is 31.1 Å². The molecular formula is C31H34N4O2. The number of amides is 2. The molecule has 0 aliphatic rings. The molecule has 1 unspecified atom stereocenters. The summed E-state index contributed by atoms with van der Waals surface area (Å²) in [6.07, 6.45) is 0.970. The second kappa shape index (κ2) is 12.5. The van der Waals surface area contributed by atoms with Crippen LogP contribution in [0, 0.1) is 11.3 Å². The Morgan fingerprint density at radius 1 is 0.838 bits per heavy atom. The van der Waals surface area contributed by atoms with E-state index in [2.05, 4.69) is 22.8 Å². The van der Waals surface area contributed by atoms with Crippen LogP contribution in [0.3, 0.4) is 0 Å². The fraction of sp³-hybridized carbons (Fsp3) is 0.194. The number of hydrogen-bond donors (Lipinski definition) is 4. The van der Waals surface area contributed by atoms with Crippen LogP contribution in [0.4, 0.5) is 5.69 Å².